The smallest absolute Gasteiger partial charge is 0.0795 e. The molecule has 14 heavy (non-hydrogen) atoms. The van der Waals surface area contributed by atoms with Gasteiger partial charge in [0.1, 0.15) is 0 Å². The van der Waals surface area contributed by atoms with Gasteiger partial charge in [0, 0.05) is 18.5 Å². The molecule has 2 heterocycles. The lowest BCUT2D eigenvalue weighted by atomic mass is 10.3. The number of aromatic amines is 1. The summed E-state index contributed by atoms with van der Waals surface area (Å²) in [5.74, 6) is 0. The van der Waals surface area contributed by atoms with Crippen LogP contribution in [-0.2, 0) is 4.74 Å². The van der Waals surface area contributed by atoms with Crippen LogP contribution < -0.4 is 0 Å². The van der Waals surface area contributed by atoms with Gasteiger partial charge in [-0.1, -0.05) is 13.8 Å². The predicted molar refractivity (Wildman–Crippen MR) is 56.1 cm³/mol. The normalized spacial score (nSPS) is 19.0. The summed E-state index contributed by atoms with van der Waals surface area (Å²) in [6, 6.07) is 1.92. The van der Waals surface area contributed by atoms with Gasteiger partial charge in [0.15, 0.2) is 0 Å². The number of ether oxygens (including phenoxy) is 1. The third kappa shape index (κ3) is 6.62. The van der Waals surface area contributed by atoms with E-state index in [2.05, 4.69) is 10.2 Å². The highest BCUT2D eigenvalue weighted by atomic mass is 16.5. The maximum absolute atomic E-state index is 8.60. The van der Waals surface area contributed by atoms with Crippen molar-refractivity contribution in [2.24, 2.45) is 0 Å². The Kier molecular flexibility index (Phi) is 8.17. The molecule has 1 aromatic heterocycles. The van der Waals surface area contributed by atoms with Crippen LogP contribution in [0.15, 0.2) is 12.3 Å². The lowest BCUT2D eigenvalue weighted by Gasteiger charge is -1.89. The van der Waals surface area contributed by atoms with Crippen LogP contribution in [0, 0.1) is 6.92 Å². The number of aromatic nitrogens is 2. The fourth-order valence-corrected chi connectivity index (χ4v) is 0.848. The summed E-state index contributed by atoms with van der Waals surface area (Å²) < 4.78 is 4.81. The Labute approximate surface area is 85.3 Å². The Balaban J connectivity index is 0.000000206. The van der Waals surface area contributed by atoms with Crippen molar-refractivity contribution in [3.8, 4) is 0 Å². The Hall–Kier alpha value is -0.870. The van der Waals surface area contributed by atoms with Crippen LogP contribution >= 0.6 is 0 Å². The quantitative estimate of drug-likeness (QED) is 0.667. The van der Waals surface area contributed by atoms with Crippen molar-refractivity contribution in [2.45, 2.75) is 33.3 Å². The molecule has 1 atom stereocenters. The van der Waals surface area contributed by atoms with Gasteiger partial charge in [0.05, 0.1) is 12.7 Å². The molecular weight excluding hydrogens is 180 g/mol. The average Bonchev–Trinajstić information content (AvgIpc) is 2.83. The van der Waals surface area contributed by atoms with E-state index in [0.717, 1.165) is 18.7 Å². The summed E-state index contributed by atoms with van der Waals surface area (Å²) in [7, 11) is 0. The number of hydrogen-bond donors (Lipinski definition) is 2. The first-order valence-electron chi connectivity index (χ1n) is 5.01. The zero-order valence-corrected chi connectivity index (χ0v) is 9.16. The highest BCUT2D eigenvalue weighted by Gasteiger charge is 2.09. The largest absolute Gasteiger partial charge is 0.391 e. The summed E-state index contributed by atoms with van der Waals surface area (Å²) in [5.41, 5.74) is 1.11. The number of nitrogens with one attached hydrogen (secondary N) is 1. The van der Waals surface area contributed by atoms with Gasteiger partial charge in [-0.15, -0.1) is 0 Å². The molecule has 1 aromatic rings. The fourth-order valence-electron chi connectivity index (χ4n) is 0.848. The molecule has 1 saturated heterocycles. The number of nitrogens with zero attached hydrogens (tertiary/aromatic N) is 1. The van der Waals surface area contributed by atoms with Crippen molar-refractivity contribution >= 4 is 0 Å². The Morgan fingerprint density at radius 1 is 1.57 bits per heavy atom. The zero-order chi connectivity index (χ0) is 10.8. The van der Waals surface area contributed by atoms with Crippen molar-refractivity contribution in [3.05, 3.63) is 18.0 Å². The van der Waals surface area contributed by atoms with Crippen molar-refractivity contribution in [3.63, 3.8) is 0 Å². The highest BCUT2D eigenvalue weighted by molar-refractivity contribution is 4.91. The molecule has 0 amide bonds. The maximum atomic E-state index is 8.60. The second kappa shape index (κ2) is 8.72. The van der Waals surface area contributed by atoms with E-state index in [-0.39, 0.29) is 6.10 Å². The summed E-state index contributed by atoms with van der Waals surface area (Å²) in [5, 5.41) is 15.1. The van der Waals surface area contributed by atoms with Crippen LogP contribution in [-0.4, -0.2) is 34.6 Å². The Morgan fingerprint density at radius 2 is 2.29 bits per heavy atom. The van der Waals surface area contributed by atoms with E-state index in [9.17, 15) is 0 Å². The first-order chi connectivity index (χ1) is 6.79. The molecule has 82 valence electrons. The molecule has 1 aliphatic heterocycles. The maximum Gasteiger partial charge on any atom is 0.0795 e. The first kappa shape index (κ1) is 13.1. The third-order valence-corrected chi connectivity index (χ3v) is 1.55. The van der Waals surface area contributed by atoms with Gasteiger partial charge < -0.3 is 9.84 Å². The van der Waals surface area contributed by atoms with Gasteiger partial charge in [0.2, 0.25) is 0 Å². The summed E-state index contributed by atoms with van der Waals surface area (Å²) >= 11 is 0. The van der Waals surface area contributed by atoms with Crippen LogP contribution in [0.5, 0.6) is 0 Å². The fraction of sp³-hybridized carbons (Fsp3) is 0.700. The first-order valence-corrected chi connectivity index (χ1v) is 5.01. The molecule has 2 rings (SSSR count). The standard InChI is InChI=1S/C4H6N2.C4H8O2.C2H6/c1-4-2-3-5-6-4;5-4-1-2-6-3-4;1-2/h2-3H,1H3,(H,5,6);4-5H,1-3H2;1-2H3. The lowest BCUT2D eigenvalue weighted by Crippen LogP contribution is -2.02. The molecule has 1 aliphatic rings. The SMILES string of the molecule is CC.Cc1ccn[nH]1.OC1CCOC1. The second-order valence-corrected chi connectivity index (χ2v) is 2.76. The molecule has 2 N–H and O–H groups in total. The van der Waals surface area contributed by atoms with Gasteiger partial charge in [0.25, 0.3) is 0 Å². The Morgan fingerprint density at radius 3 is 2.43 bits per heavy atom. The molecule has 0 radical (unpaired) electrons. The number of hydrogen-bond acceptors (Lipinski definition) is 3. The number of H-pyrrole nitrogens is 1. The molecule has 0 aromatic carbocycles. The van der Waals surface area contributed by atoms with Crippen molar-refractivity contribution in [1.29, 1.82) is 0 Å². The number of rotatable bonds is 0. The van der Waals surface area contributed by atoms with Gasteiger partial charge in [-0.2, -0.15) is 5.10 Å². The number of aliphatic hydroxyl groups is 1. The van der Waals surface area contributed by atoms with E-state index < -0.39 is 0 Å². The average molecular weight is 200 g/mol. The van der Waals surface area contributed by atoms with E-state index in [1.807, 2.05) is 26.8 Å². The van der Waals surface area contributed by atoms with E-state index in [0.29, 0.717) is 6.61 Å². The van der Waals surface area contributed by atoms with Gasteiger partial charge >= 0.3 is 0 Å². The predicted octanol–water partition coefficient (Wildman–Crippen LogP) is 1.51. The highest BCUT2D eigenvalue weighted by Crippen LogP contribution is 2.00. The zero-order valence-electron chi connectivity index (χ0n) is 9.16. The van der Waals surface area contributed by atoms with Gasteiger partial charge in [-0.3, -0.25) is 5.10 Å². The van der Waals surface area contributed by atoms with Gasteiger partial charge in [-0.25, -0.2) is 0 Å². The minimum Gasteiger partial charge on any atom is -0.391 e. The number of aliphatic hydroxyl groups excluding tert-OH is 1. The second-order valence-electron chi connectivity index (χ2n) is 2.76. The van der Waals surface area contributed by atoms with Crippen LogP contribution in [0.25, 0.3) is 0 Å². The van der Waals surface area contributed by atoms with Crippen molar-refractivity contribution in [2.75, 3.05) is 13.2 Å². The Bertz CT molecular complexity index is 194. The summed E-state index contributed by atoms with van der Waals surface area (Å²) in [6.45, 7) is 7.24. The van der Waals surface area contributed by atoms with Crippen LogP contribution in [0.1, 0.15) is 26.0 Å². The minimum atomic E-state index is -0.176. The van der Waals surface area contributed by atoms with Gasteiger partial charge in [-0.05, 0) is 19.4 Å². The van der Waals surface area contributed by atoms with E-state index >= 15 is 0 Å². The van der Waals surface area contributed by atoms with Crippen LogP contribution in [0.2, 0.25) is 0 Å². The molecule has 1 unspecified atom stereocenters. The van der Waals surface area contributed by atoms with Crippen molar-refractivity contribution < 1.29 is 9.84 Å². The van der Waals surface area contributed by atoms with E-state index in [1.165, 1.54) is 0 Å². The minimum absolute atomic E-state index is 0.176. The molecule has 1 fully saturated rings. The molecule has 0 spiro atoms. The summed E-state index contributed by atoms with van der Waals surface area (Å²) in [6.07, 6.45) is 2.37. The molecule has 4 nitrogen and oxygen atoms in total. The van der Waals surface area contributed by atoms with Crippen LogP contribution in [0.4, 0.5) is 0 Å². The van der Waals surface area contributed by atoms with E-state index in [1.54, 1.807) is 6.20 Å². The lowest BCUT2D eigenvalue weighted by molar-refractivity contribution is 0.127. The topological polar surface area (TPSA) is 58.1 Å². The molecule has 0 saturated carbocycles. The van der Waals surface area contributed by atoms with Crippen molar-refractivity contribution in [1.82, 2.24) is 10.2 Å². The summed E-state index contributed by atoms with van der Waals surface area (Å²) in [4.78, 5) is 0. The molecular formula is C10H20N2O2. The molecule has 0 aliphatic carbocycles. The van der Waals surface area contributed by atoms with Crippen LogP contribution in [0.3, 0.4) is 0 Å². The molecule has 4 heteroatoms. The monoisotopic (exact) mass is 200 g/mol. The van der Waals surface area contributed by atoms with E-state index in [4.69, 9.17) is 9.84 Å². The molecule has 0 bridgehead atoms. The number of aryl methyl sites for hydroxylation is 1. The third-order valence-electron chi connectivity index (χ3n) is 1.55.